The van der Waals surface area contributed by atoms with Gasteiger partial charge >= 0.3 is 6.09 Å². The number of thiol groups is 1. The molecule has 0 saturated heterocycles. The number of unbranched alkanes of at least 4 members (excludes halogenated alkanes) is 1. The third-order valence-corrected chi connectivity index (χ3v) is 8.59. The number of aromatic nitrogens is 1. The van der Waals surface area contributed by atoms with Gasteiger partial charge in [0.25, 0.3) is 0 Å². The van der Waals surface area contributed by atoms with Crippen LogP contribution < -0.4 is 11.5 Å². The molecule has 0 saturated carbocycles. The molecule has 0 radical (unpaired) electrons. The first-order chi connectivity index (χ1) is 23.4. The van der Waals surface area contributed by atoms with Gasteiger partial charge in [-0.05, 0) is 73.5 Å². The lowest BCUT2D eigenvalue weighted by Gasteiger charge is -2.25. The van der Waals surface area contributed by atoms with Crippen LogP contribution in [0.2, 0.25) is 0 Å². The molecule has 3 rings (SSSR count). The van der Waals surface area contributed by atoms with E-state index < -0.39 is 33.6 Å². The summed E-state index contributed by atoms with van der Waals surface area (Å²) in [6, 6.07) is 14.4. The Morgan fingerprint density at radius 3 is 2.18 bits per heavy atom. The van der Waals surface area contributed by atoms with Crippen LogP contribution in [0.4, 0.5) is 13.6 Å². The van der Waals surface area contributed by atoms with Gasteiger partial charge in [0.05, 0.1) is 11.5 Å². The van der Waals surface area contributed by atoms with Crippen molar-refractivity contribution in [1.82, 2.24) is 9.88 Å². The van der Waals surface area contributed by atoms with Crippen LogP contribution in [0, 0.1) is 24.5 Å². The molecule has 1 heterocycles. The van der Waals surface area contributed by atoms with E-state index >= 15 is 0 Å². The minimum Gasteiger partial charge on any atom is -0.445 e. The lowest BCUT2D eigenvalue weighted by Crippen LogP contribution is -2.36. The standard InChI is InChI=1S/C26H36F2N2O3S.C7H8N2O2.C2H2.H2OS/c1-3-5-12-34(32,33)13-10-26(31)30(19-21-8-6-7-20(4-2)14-21)11-9-25(29)17-22-15-23(27)18-24(28)16-22;8-7(10)11-5-6-2-1-3-9-4-6;2*1-2/h6-8,14-16,18,25H,3-5,9-13,17,19,29H2,1-2H3;1-4H,5H2,(H2,8,10);2*1-2H/t25-;;;/m1.../s1. The van der Waals surface area contributed by atoms with E-state index in [-0.39, 0.29) is 36.9 Å². The number of halogens is 2. The first-order valence-corrected chi connectivity index (χ1v) is 17.7. The molecule has 49 heavy (non-hydrogen) atoms. The molecule has 0 aliphatic carbocycles. The zero-order valence-corrected chi connectivity index (χ0v) is 29.7. The molecule has 0 unspecified atom stereocenters. The summed E-state index contributed by atoms with van der Waals surface area (Å²) in [6.07, 6.45) is 13.3. The number of carbonyl (C=O) groups excluding carboxylic acids is 2. The third-order valence-electron chi connectivity index (χ3n) is 6.86. The maximum absolute atomic E-state index is 13.5. The van der Waals surface area contributed by atoms with E-state index in [1.807, 2.05) is 31.2 Å². The Kier molecular flexibility index (Phi) is 23.8. The Labute approximate surface area is 294 Å². The monoisotopic (exact) mass is 722 g/mol. The molecule has 10 nitrogen and oxygen atoms in total. The first kappa shape index (κ1) is 45.0. The van der Waals surface area contributed by atoms with Gasteiger partial charge in [0, 0.05) is 49.6 Å². The largest absolute Gasteiger partial charge is 0.445 e. The number of primary amides is 1. The number of pyridine rings is 1. The number of sulfone groups is 1. The topological polar surface area (TPSA) is 166 Å². The quantitative estimate of drug-likeness (QED) is 0.0826. The van der Waals surface area contributed by atoms with Crippen LogP contribution in [-0.2, 0) is 45.4 Å². The van der Waals surface area contributed by atoms with Crippen molar-refractivity contribution in [2.45, 2.75) is 71.6 Å². The Bertz CT molecular complexity index is 1490. The fourth-order valence-electron chi connectivity index (χ4n) is 4.42. The van der Waals surface area contributed by atoms with Crippen LogP contribution >= 0.6 is 12.9 Å². The van der Waals surface area contributed by atoms with Crippen LogP contribution in [0.15, 0.2) is 67.0 Å². The average molecular weight is 723 g/mol. The maximum atomic E-state index is 13.5. The van der Waals surface area contributed by atoms with Gasteiger partial charge in [-0.1, -0.05) is 50.6 Å². The number of benzene rings is 2. The van der Waals surface area contributed by atoms with Gasteiger partial charge in [-0.15, -0.1) is 12.8 Å². The van der Waals surface area contributed by atoms with Gasteiger partial charge in [0.2, 0.25) is 5.91 Å². The van der Waals surface area contributed by atoms with Crippen molar-refractivity contribution in [3.63, 3.8) is 0 Å². The van der Waals surface area contributed by atoms with Crippen molar-refractivity contribution < 1.29 is 36.1 Å². The van der Waals surface area contributed by atoms with Crippen molar-refractivity contribution in [1.29, 1.82) is 0 Å². The van der Waals surface area contributed by atoms with Gasteiger partial charge in [-0.2, -0.15) is 0 Å². The van der Waals surface area contributed by atoms with E-state index in [1.54, 1.807) is 29.4 Å². The van der Waals surface area contributed by atoms with Gasteiger partial charge in [-0.25, -0.2) is 22.0 Å². The molecule has 0 aliphatic rings. The minimum absolute atomic E-state index is 0.0795. The van der Waals surface area contributed by atoms with Crippen molar-refractivity contribution in [3.05, 3.63) is 101 Å². The number of hydrogen-bond donors (Lipinski definition) is 4. The number of hydrogen-bond acceptors (Lipinski definition) is 9. The Morgan fingerprint density at radius 1 is 0.980 bits per heavy atom. The molecule has 1 atom stereocenters. The normalized spacial score (nSPS) is 10.9. The van der Waals surface area contributed by atoms with Crippen molar-refractivity contribution in [3.8, 4) is 12.8 Å². The zero-order valence-electron chi connectivity index (χ0n) is 28.0. The highest BCUT2D eigenvalue weighted by molar-refractivity contribution is 7.91. The number of ether oxygens (including phenoxy) is 1. The molecule has 3 aromatic rings. The highest BCUT2D eigenvalue weighted by Crippen LogP contribution is 2.14. The SMILES string of the molecule is C#C.CCCCS(=O)(=O)CCC(=O)N(CC[C@@H](N)Cc1cc(F)cc(F)c1)Cc1cccc(CC)c1.NC(=O)OCc1cccnc1.OS. The second-order valence-corrected chi connectivity index (χ2v) is 13.0. The summed E-state index contributed by atoms with van der Waals surface area (Å²) in [5.74, 6) is -1.64. The number of aryl methyl sites for hydroxylation is 1. The third kappa shape index (κ3) is 20.8. The summed E-state index contributed by atoms with van der Waals surface area (Å²) < 4.78 is 62.6. The predicted octanol–water partition coefficient (Wildman–Crippen LogP) is 5.74. The van der Waals surface area contributed by atoms with Gasteiger partial charge in [0.1, 0.15) is 18.2 Å². The van der Waals surface area contributed by atoms with E-state index in [2.05, 4.69) is 42.4 Å². The number of nitrogens with zero attached hydrogens (tertiary/aromatic N) is 2. The average Bonchev–Trinajstić information content (AvgIpc) is 3.09. The number of terminal acetylenes is 1. The number of carbonyl (C=O) groups is 2. The second-order valence-electron chi connectivity index (χ2n) is 10.7. The molecule has 14 heteroatoms. The van der Waals surface area contributed by atoms with Gasteiger partial charge in [0.15, 0.2) is 9.84 Å². The lowest BCUT2D eigenvalue weighted by atomic mass is 10.0. The highest BCUT2D eigenvalue weighted by atomic mass is 32.2. The van der Waals surface area contributed by atoms with E-state index in [0.717, 1.165) is 35.6 Å². The molecule has 1 aromatic heterocycles. The van der Waals surface area contributed by atoms with Crippen LogP contribution in [0.1, 0.15) is 61.8 Å². The second kappa shape index (κ2) is 25.9. The van der Waals surface area contributed by atoms with Crippen molar-refractivity contribution in [2.75, 3.05) is 18.1 Å². The number of nitrogens with two attached hydrogens (primary N) is 2. The Hall–Kier alpha value is -4.03. The summed E-state index contributed by atoms with van der Waals surface area (Å²) in [5.41, 5.74) is 14.4. The zero-order chi connectivity index (χ0) is 37.2. The molecule has 2 aromatic carbocycles. The molecule has 0 bridgehead atoms. The highest BCUT2D eigenvalue weighted by Gasteiger charge is 2.20. The van der Waals surface area contributed by atoms with E-state index in [4.69, 9.17) is 16.0 Å². The van der Waals surface area contributed by atoms with Crippen LogP contribution in [0.25, 0.3) is 0 Å². The molecular weight excluding hydrogens is 675 g/mol. The summed E-state index contributed by atoms with van der Waals surface area (Å²) in [6.45, 7) is 4.83. The molecule has 5 N–H and O–H groups in total. The molecule has 270 valence electrons. The molecule has 0 fully saturated rings. The van der Waals surface area contributed by atoms with Crippen LogP contribution in [-0.4, -0.2) is 58.9 Å². The van der Waals surface area contributed by atoms with Gasteiger partial charge < -0.3 is 25.7 Å². The van der Waals surface area contributed by atoms with Crippen molar-refractivity contribution in [2.24, 2.45) is 11.5 Å². The van der Waals surface area contributed by atoms with Crippen molar-refractivity contribution >= 4 is 34.7 Å². The maximum Gasteiger partial charge on any atom is 0.404 e. The van der Waals surface area contributed by atoms with E-state index in [9.17, 15) is 26.8 Å². The summed E-state index contributed by atoms with van der Waals surface area (Å²) in [7, 11) is -3.28. The fraction of sp³-hybridized carbons (Fsp3) is 0.400. The van der Waals surface area contributed by atoms with Gasteiger partial charge in [-0.3, -0.25) is 9.78 Å². The molecule has 0 spiro atoms. The summed E-state index contributed by atoms with van der Waals surface area (Å²) >= 11 is 2.53. The predicted molar refractivity (Wildman–Crippen MR) is 192 cm³/mol. The summed E-state index contributed by atoms with van der Waals surface area (Å²) in [5, 5.41) is 0. The minimum atomic E-state index is -3.28. The number of amides is 2. The lowest BCUT2D eigenvalue weighted by molar-refractivity contribution is -0.131. The van der Waals surface area contributed by atoms with E-state index in [0.29, 0.717) is 31.5 Å². The molecule has 0 aliphatic heterocycles. The Morgan fingerprint density at radius 2 is 1.61 bits per heavy atom. The molecular formula is C35H48F2N4O6S2. The smallest absolute Gasteiger partial charge is 0.404 e. The molecule has 2 amide bonds. The first-order valence-electron chi connectivity index (χ1n) is 15.5. The van der Waals surface area contributed by atoms with Crippen LogP contribution in [0.3, 0.4) is 0 Å². The van der Waals surface area contributed by atoms with E-state index in [1.165, 1.54) is 12.1 Å². The van der Waals surface area contributed by atoms with Crippen LogP contribution in [0.5, 0.6) is 0 Å². The number of rotatable bonds is 16. The summed E-state index contributed by atoms with van der Waals surface area (Å²) in [4.78, 5) is 28.6. The fourth-order valence-corrected chi connectivity index (χ4v) is 5.84. The Balaban J connectivity index is 0.00000128.